The van der Waals surface area contributed by atoms with Crippen LogP contribution in [0.1, 0.15) is 201 Å². The van der Waals surface area contributed by atoms with E-state index in [1.165, 1.54) is 141 Å². The Kier molecular flexibility index (Phi) is 35.7. The Hall–Kier alpha value is -1.03. The van der Waals surface area contributed by atoms with Gasteiger partial charge >= 0.3 is 10.4 Å². The van der Waals surface area contributed by atoms with Crippen LogP contribution in [0, 0.1) is 0 Å². The number of unbranched alkanes of at least 4 members (excludes halogenated alkanes) is 24. The van der Waals surface area contributed by atoms with E-state index in [0.717, 1.165) is 37.9 Å². The second-order valence-electron chi connectivity index (χ2n) is 12.1. The van der Waals surface area contributed by atoms with E-state index in [2.05, 4.69) is 18.0 Å². The molecule has 0 saturated heterocycles. The number of imide groups is 1. The quantitative estimate of drug-likeness (QED) is 0.0452. The van der Waals surface area contributed by atoms with Crippen molar-refractivity contribution in [2.24, 2.45) is 0 Å². The zero-order chi connectivity index (χ0) is 33.2. The maximum atomic E-state index is 12.6. The lowest BCUT2D eigenvalue weighted by Crippen LogP contribution is -2.36. The van der Waals surface area contributed by atoms with Crippen LogP contribution in [-0.2, 0) is 29.0 Å². The van der Waals surface area contributed by atoms with Crippen molar-refractivity contribution in [3.8, 4) is 0 Å². The number of hydroxylamine groups is 2. The molecule has 264 valence electrons. The van der Waals surface area contributed by atoms with Crippen molar-refractivity contribution >= 4 is 22.2 Å². The van der Waals surface area contributed by atoms with Gasteiger partial charge in [0.15, 0.2) is 0 Å². The van der Waals surface area contributed by atoms with Crippen LogP contribution in [0.5, 0.6) is 0 Å². The summed E-state index contributed by atoms with van der Waals surface area (Å²) >= 11 is 0. The van der Waals surface area contributed by atoms with Crippen LogP contribution in [0.3, 0.4) is 0 Å². The highest BCUT2D eigenvalue weighted by Gasteiger charge is 2.21. The van der Waals surface area contributed by atoms with Crippen molar-refractivity contribution < 1.29 is 31.6 Å². The van der Waals surface area contributed by atoms with Crippen molar-refractivity contribution in [2.45, 2.75) is 201 Å². The zero-order valence-electron chi connectivity index (χ0n) is 29.3. The molecule has 0 aromatic rings. The Bertz CT molecular complexity index is 689. The summed E-state index contributed by atoms with van der Waals surface area (Å²) in [7, 11) is -3.29. The van der Waals surface area contributed by atoms with Gasteiger partial charge in [-0.2, -0.15) is 13.5 Å². The number of carbonyl (C=O) groups excluding carboxylic acids is 2. The Labute approximate surface area is 272 Å². The van der Waals surface area contributed by atoms with E-state index in [-0.39, 0.29) is 11.8 Å². The summed E-state index contributed by atoms with van der Waals surface area (Å²) in [6.07, 6.45) is 34.2. The Morgan fingerprint density at radius 1 is 0.500 bits per heavy atom. The summed E-state index contributed by atoms with van der Waals surface area (Å²) in [6, 6.07) is 0. The molecule has 0 fully saturated rings. The fourth-order valence-electron chi connectivity index (χ4n) is 5.20. The van der Waals surface area contributed by atoms with Gasteiger partial charge in [-0.05, 0) is 19.8 Å². The molecule has 0 rings (SSSR count). The third kappa shape index (κ3) is 35.4. The van der Waals surface area contributed by atoms with Gasteiger partial charge in [0.25, 0.3) is 11.8 Å². The van der Waals surface area contributed by atoms with Gasteiger partial charge in [0, 0.05) is 12.8 Å². The summed E-state index contributed by atoms with van der Waals surface area (Å²) in [5, 5.41) is 1.07. The largest absolute Gasteiger partial charge is 0.397 e. The number of hydrogen-bond donors (Lipinski definition) is 1. The molecule has 0 bridgehead atoms. The number of nitrogens with zero attached hydrogens (tertiary/aromatic N) is 1. The molecule has 0 spiro atoms. The molecule has 1 N–H and O–H groups in total. The summed E-state index contributed by atoms with van der Waals surface area (Å²) in [5.74, 6) is -0.316. The van der Waals surface area contributed by atoms with Gasteiger partial charge in [-0.25, -0.2) is 0 Å². The van der Waals surface area contributed by atoms with Crippen molar-refractivity contribution in [2.75, 3.05) is 13.7 Å². The minimum atomic E-state index is -4.16. The van der Waals surface area contributed by atoms with E-state index in [4.69, 9.17) is 9.39 Å². The Morgan fingerprint density at radius 3 is 0.932 bits per heavy atom. The molecule has 0 aliphatic carbocycles. The molecule has 0 saturated carbocycles. The normalized spacial score (nSPS) is 11.3. The van der Waals surface area contributed by atoms with E-state index < -0.39 is 10.4 Å². The van der Waals surface area contributed by atoms with Crippen molar-refractivity contribution in [1.82, 2.24) is 5.06 Å². The van der Waals surface area contributed by atoms with Crippen LogP contribution >= 0.6 is 0 Å². The average Bonchev–Trinajstić information content (AvgIpc) is 3.00. The highest BCUT2D eigenvalue weighted by atomic mass is 32.3. The molecule has 2 amide bonds. The molecule has 0 aliphatic heterocycles. The van der Waals surface area contributed by atoms with Gasteiger partial charge in [-0.15, -0.1) is 0 Å². The van der Waals surface area contributed by atoms with Gasteiger partial charge in [-0.1, -0.05) is 168 Å². The molecule has 0 unspecified atom stereocenters. The maximum absolute atomic E-state index is 12.6. The number of hydrogen-bond acceptors (Lipinski definition) is 6. The first-order valence-electron chi connectivity index (χ1n) is 18.2. The highest BCUT2D eigenvalue weighted by molar-refractivity contribution is 7.80. The lowest BCUT2D eigenvalue weighted by molar-refractivity contribution is -0.194. The number of carbonyl (C=O) groups is 2. The van der Waals surface area contributed by atoms with Gasteiger partial charge in [0.2, 0.25) is 0 Å². The summed E-state index contributed by atoms with van der Waals surface area (Å²) < 4.78 is 29.7. The van der Waals surface area contributed by atoms with Gasteiger partial charge in [0.1, 0.15) is 0 Å². The third-order valence-corrected chi connectivity index (χ3v) is 8.33. The van der Waals surface area contributed by atoms with Crippen LogP contribution in [0.2, 0.25) is 0 Å². The summed E-state index contributed by atoms with van der Waals surface area (Å²) in [5.41, 5.74) is 0. The SMILES string of the molecule is CCCCCCCCCCCCCCCC(=O)N(OCC)C(=O)CCCCCCCCCCCCCCC.COS(=O)(=O)O. The van der Waals surface area contributed by atoms with E-state index in [0.29, 0.717) is 19.4 Å². The number of amides is 2. The predicted octanol–water partition coefficient (Wildman–Crippen LogP) is 10.7. The standard InChI is InChI=1S/C34H67NO3.CH4O4S/c1-4-7-9-11-13-15-17-19-21-23-25-27-29-31-33(36)35(38-6-3)34(37)32-30-28-26-24-22-20-18-16-14-12-10-8-5-2;1-5-6(2,3)4/h4-32H2,1-3H3;1H3,(H,2,3,4). The van der Waals surface area contributed by atoms with Crippen LogP contribution in [-0.4, -0.2) is 43.6 Å². The highest BCUT2D eigenvalue weighted by Crippen LogP contribution is 2.16. The van der Waals surface area contributed by atoms with E-state index in [1.807, 2.05) is 6.92 Å². The first-order chi connectivity index (χ1) is 21.2. The van der Waals surface area contributed by atoms with E-state index in [1.54, 1.807) is 0 Å². The number of rotatable bonds is 31. The molecular formula is C35H71NO7S. The molecule has 9 heteroatoms. The molecule has 44 heavy (non-hydrogen) atoms. The lowest BCUT2D eigenvalue weighted by atomic mass is 10.0. The van der Waals surface area contributed by atoms with Crippen molar-refractivity contribution in [3.05, 3.63) is 0 Å². The van der Waals surface area contributed by atoms with E-state index >= 15 is 0 Å². The topological polar surface area (TPSA) is 110 Å². The van der Waals surface area contributed by atoms with Gasteiger partial charge < -0.3 is 0 Å². The molecule has 0 atom stereocenters. The fraction of sp³-hybridized carbons (Fsp3) is 0.943. The second kappa shape index (κ2) is 34.8. The second-order valence-corrected chi connectivity index (χ2v) is 13.3. The molecular weight excluding hydrogens is 578 g/mol. The van der Waals surface area contributed by atoms with E-state index in [9.17, 15) is 18.0 Å². The fourth-order valence-corrected chi connectivity index (χ4v) is 5.20. The monoisotopic (exact) mass is 649 g/mol. The van der Waals surface area contributed by atoms with Crippen LogP contribution in [0.25, 0.3) is 0 Å². The molecule has 8 nitrogen and oxygen atoms in total. The van der Waals surface area contributed by atoms with Crippen molar-refractivity contribution in [3.63, 3.8) is 0 Å². The lowest BCUT2D eigenvalue weighted by Gasteiger charge is -2.19. The summed E-state index contributed by atoms with van der Waals surface area (Å²) in [6.45, 7) is 6.73. The average molecular weight is 650 g/mol. The van der Waals surface area contributed by atoms with Crippen LogP contribution in [0.4, 0.5) is 0 Å². The maximum Gasteiger partial charge on any atom is 0.397 e. The van der Waals surface area contributed by atoms with Crippen LogP contribution < -0.4 is 0 Å². The minimum Gasteiger partial charge on any atom is -0.272 e. The molecule has 0 aromatic carbocycles. The third-order valence-electron chi connectivity index (χ3n) is 7.91. The first kappa shape index (κ1) is 45.1. The Morgan fingerprint density at radius 2 is 0.727 bits per heavy atom. The zero-order valence-corrected chi connectivity index (χ0v) is 30.1. The molecule has 0 aromatic heterocycles. The smallest absolute Gasteiger partial charge is 0.272 e. The molecule has 0 heterocycles. The van der Waals surface area contributed by atoms with Gasteiger partial charge in [-0.3, -0.25) is 23.2 Å². The van der Waals surface area contributed by atoms with Crippen LogP contribution in [0.15, 0.2) is 0 Å². The van der Waals surface area contributed by atoms with Gasteiger partial charge in [0.05, 0.1) is 13.7 Å². The Balaban J connectivity index is 0. The van der Waals surface area contributed by atoms with Crippen molar-refractivity contribution in [1.29, 1.82) is 0 Å². The minimum absolute atomic E-state index is 0.158. The first-order valence-corrected chi connectivity index (χ1v) is 19.6. The molecule has 0 radical (unpaired) electrons. The molecule has 0 aliphatic rings. The summed E-state index contributed by atoms with van der Waals surface area (Å²) in [4.78, 5) is 30.6. The predicted molar refractivity (Wildman–Crippen MR) is 183 cm³/mol.